The monoisotopic (exact) mass is 719 g/mol. The molecule has 222 valence electrons. The van der Waals surface area contributed by atoms with Gasteiger partial charge in [-0.1, -0.05) is 34.1 Å². The SMILES string of the molecule is COc1ccc(N2C(=O)CCC(C(=O)N3CCN(S(=O)(=O)c4cc(Br)ccc4Br)CC3)C2c2ccccc2OC)cc1. The molecule has 12 heteroatoms. The number of piperidine rings is 1. The first-order valence-corrected chi connectivity index (χ1v) is 16.5. The van der Waals surface area contributed by atoms with Gasteiger partial charge in [-0.25, -0.2) is 8.42 Å². The predicted molar refractivity (Wildman–Crippen MR) is 166 cm³/mol. The Morgan fingerprint density at radius 1 is 0.905 bits per heavy atom. The summed E-state index contributed by atoms with van der Waals surface area (Å²) in [6, 6.07) is 19.1. The van der Waals surface area contributed by atoms with Crippen LogP contribution in [0.3, 0.4) is 0 Å². The molecular weight excluding hydrogens is 690 g/mol. The summed E-state index contributed by atoms with van der Waals surface area (Å²) in [6.07, 6.45) is 0.579. The van der Waals surface area contributed by atoms with Gasteiger partial charge in [-0.05, 0) is 70.9 Å². The summed E-state index contributed by atoms with van der Waals surface area (Å²) in [7, 11) is -0.621. The minimum atomic E-state index is -3.77. The molecule has 5 rings (SSSR count). The second-order valence-corrected chi connectivity index (χ2v) is 13.8. The van der Waals surface area contributed by atoms with Crippen molar-refractivity contribution in [2.75, 3.05) is 45.3 Å². The third-order valence-corrected chi connectivity index (χ3v) is 11.2. The zero-order chi connectivity index (χ0) is 30.0. The maximum atomic E-state index is 14.2. The molecule has 2 amide bonds. The number of methoxy groups -OCH3 is 2. The van der Waals surface area contributed by atoms with Crippen LogP contribution in [-0.4, -0.2) is 69.8 Å². The van der Waals surface area contributed by atoms with E-state index in [9.17, 15) is 18.0 Å². The van der Waals surface area contributed by atoms with E-state index < -0.39 is 22.0 Å². The molecule has 0 N–H and O–H groups in total. The van der Waals surface area contributed by atoms with Gasteiger partial charge in [0.2, 0.25) is 21.8 Å². The van der Waals surface area contributed by atoms with Gasteiger partial charge in [0.15, 0.2) is 0 Å². The van der Waals surface area contributed by atoms with E-state index in [0.717, 1.165) is 5.56 Å². The first-order valence-electron chi connectivity index (χ1n) is 13.5. The molecule has 0 radical (unpaired) electrons. The van der Waals surface area contributed by atoms with Crippen LogP contribution in [0.1, 0.15) is 24.4 Å². The normalized spacial score (nSPS) is 20.0. The molecule has 2 aliphatic rings. The molecule has 2 aliphatic heterocycles. The molecule has 3 aromatic rings. The number of halogens is 2. The van der Waals surface area contributed by atoms with E-state index in [-0.39, 0.29) is 49.3 Å². The number of ether oxygens (including phenoxy) is 2. The number of rotatable bonds is 7. The zero-order valence-electron chi connectivity index (χ0n) is 23.2. The van der Waals surface area contributed by atoms with Crippen molar-refractivity contribution >= 4 is 59.4 Å². The lowest BCUT2D eigenvalue weighted by Crippen LogP contribution is -2.55. The second kappa shape index (κ2) is 12.7. The highest BCUT2D eigenvalue weighted by Crippen LogP contribution is 2.44. The van der Waals surface area contributed by atoms with Crippen LogP contribution >= 0.6 is 31.9 Å². The van der Waals surface area contributed by atoms with Gasteiger partial charge in [0.25, 0.3) is 0 Å². The number of hydrogen-bond acceptors (Lipinski definition) is 6. The summed E-state index contributed by atoms with van der Waals surface area (Å²) in [5.41, 5.74) is 1.40. The fourth-order valence-electron chi connectivity index (χ4n) is 5.66. The summed E-state index contributed by atoms with van der Waals surface area (Å²) >= 11 is 6.71. The number of para-hydroxylation sites is 1. The summed E-state index contributed by atoms with van der Waals surface area (Å²) in [6.45, 7) is 0.824. The smallest absolute Gasteiger partial charge is 0.244 e. The van der Waals surface area contributed by atoms with Crippen molar-refractivity contribution in [2.45, 2.75) is 23.8 Å². The van der Waals surface area contributed by atoms with Gasteiger partial charge >= 0.3 is 0 Å². The Labute approximate surface area is 262 Å². The van der Waals surface area contributed by atoms with E-state index in [2.05, 4.69) is 31.9 Å². The van der Waals surface area contributed by atoms with Crippen molar-refractivity contribution in [3.63, 3.8) is 0 Å². The molecule has 2 saturated heterocycles. The van der Waals surface area contributed by atoms with E-state index in [4.69, 9.17) is 9.47 Å². The minimum Gasteiger partial charge on any atom is -0.497 e. The number of benzene rings is 3. The van der Waals surface area contributed by atoms with Gasteiger partial charge < -0.3 is 19.3 Å². The second-order valence-electron chi connectivity index (χ2n) is 10.1. The lowest BCUT2D eigenvalue weighted by molar-refractivity contribution is -0.139. The molecule has 0 spiro atoms. The maximum absolute atomic E-state index is 14.2. The molecule has 2 atom stereocenters. The standard InChI is InChI=1S/C30H31Br2N3O6S/c1-40-22-10-8-21(9-11-22)35-28(36)14-12-24(29(35)23-5-3-4-6-26(23)41-2)30(37)33-15-17-34(18-16-33)42(38,39)27-19-20(31)7-13-25(27)32/h3-11,13,19,24,29H,12,14-18H2,1-2H3. The van der Waals surface area contributed by atoms with E-state index in [0.29, 0.717) is 32.6 Å². The van der Waals surface area contributed by atoms with Crippen molar-refractivity contribution in [1.29, 1.82) is 0 Å². The lowest BCUT2D eigenvalue weighted by Gasteiger charge is -2.44. The van der Waals surface area contributed by atoms with Crippen LogP contribution in [0.2, 0.25) is 0 Å². The number of piperazine rings is 1. The number of carbonyl (C=O) groups is 2. The van der Waals surface area contributed by atoms with E-state index in [1.54, 1.807) is 54.4 Å². The van der Waals surface area contributed by atoms with Gasteiger partial charge in [0, 0.05) is 52.8 Å². The van der Waals surface area contributed by atoms with E-state index in [1.165, 1.54) is 4.31 Å². The fourth-order valence-corrected chi connectivity index (χ4v) is 8.55. The molecule has 9 nitrogen and oxygen atoms in total. The van der Waals surface area contributed by atoms with E-state index in [1.807, 2.05) is 36.4 Å². The van der Waals surface area contributed by atoms with Gasteiger partial charge in [0.05, 0.1) is 31.1 Å². The van der Waals surface area contributed by atoms with Crippen molar-refractivity contribution in [3.8, 4) is 11.5 Å². The molecule has 2 heterocycles. The fraction of sp³-hybridized carbons (Fsp3) is 0.333. The molecule has 0 aromatic heterocycles. The first-order chi connectivity index (χ1) is 20.1. The molecule has 3 aromatic carbocycles. The zero-order valence-corrected chi connectivity index (χ0v) is 27.2. The summed E-state index contributed by atoms with van der Waals surface area (Å²) in [4.78, 5) is 31.2. The Hall–Kier alpha value is -2.93. The molecule has 0 aliphatic carbocycles. The lowest BCUT2D eigenvalue weighted by atomic mass is 9.82. The van der Waals surface area contributed by atoms with Crippen LogP contribution in [0.5, 0.6) is 11.5 Å². The van der Waals surface area contributed by atoms with Crippen LogP contribution in [-0.2, 0) is 19.6 Å². The Balaban J connectivity index is 1.43. The van der Waals surface area contributed by atoms with Crippen LogP contribution in [0.15, 0.2) is 80.6 Å². The quantitative estimate of drug-likeness (QED) is 0.331. The van der Waals surface area contributed by atoms with Crippen molar-refractivity contribution < 1.29 is 27.5 Å². The molecular formula is C30H31Br2N3O6S. The average Bonchev–Trinajstić information content (AvgIpc) is 3.01. The Bertz CT molecular complexity index is 1580. The van der Waals surface area contributed by atoms with Crippen LogP contribution in [0.25, 0.3) is 0 Å². The van der Waals surface area contributed by atoms with Gasteiger partial charge in [-0.2, -0.15) is 4.31 Å². The number of anilines is 1. The Morgan fingerprint density at radius 3 is 2.26 bits per heavy atom. The Kier molecular flexibility index (Phi) is 9.26. The molecule has 42 heavy (non-hydrogen) atoms. The molecule has 2 fully saturated rings. The highest BCUT2D eigenvalue weighted by molar-refractivity contribution is 9.11. The van der Waals surface area contributed by atoms with Crippen LogP contribution < -0.4 is 14.4 Å². The number of nitrogens with zero attached hydrogens (tertiary/aromatic N) is 3. The predicted octanol–water partition coefficient (Wildman–Crippen LogP) is 5.25. The van der Waals surface area contributed by atoms with Crippen molar-refractivity contribution in [2.24, 2.45) is 5.92 Å². The molecule has 0 bridgehead atoms. The third kappa shape index (κ3) is 5.95. The van der Waals surface area contributed by atoms with Crippen molar-refractivity contribution in [1.82, 2.24) is 9.21 Å². The summed E-state index contributed by atoms with van der Waals surface area (Å²) in [5.74, 6) is 0.494. The minimum absolute atomic E-state index is 0.0874. The van der Waals surface area contributed by atoms with E-state index >= 15 is 0 Å². The Morgan fingerprint density at radius 2 is 1.60 bits per heavy atom. The number of amides is 2. The van der Waals surface area contributed by atoms with Crippen LogP contribution in [0.4, 0.5) is 5.69 Å². The topological polar surface area (TPSA) is 96.5 Å². The highest BCUT2D eigenvalue weighted by Gasteiger charge is 2.45. The maximum Gasteiger partial charge on any atom is 0.244 e. The average molecular weight is 721 g/mol. The van der Waals surface area contributed by atoms with Crippen LogP contribution in [0, 0.1) is 5.92 Å². The first kappa shape index (κ1) is 30.5. The number of hydrogen-bond donors (Lipinski definition) is 0. The summed E-state index contributed by atoms with van der Waals surface area (Å²) < 4.78 is 40.4. The van der Waals surface area contributed by atoms with Gasteiger partial charge in [-0.15, -0.1) is 0 Å². The number of carbonyl (C=O) groups excluding carboxylic acids is 2. The van der Waals surface area contributed by atoms with Crippen molar-refractivity contribution in [3.05, 3.63) is 81.2 Å². The molecule has 2 unspecified atom stereocenters. The highest BCUT2D eigenvalue weighted by atomic mass is 79.9. The third-order valence-electron chi connectivity index (χ3n) is 7.78. The molecule has 0 saturated carbocycles. The number of sulfonamides is 1. The summed E-state index contributed by atoms with van der Waals surface area (Å²) in [5, 5.41) is 0. The van der Waals surface area contributed by atoms with Gasteiger partial charge in [0.1, 0.15) is 11.5 Å². The largest absolute Gasteiger partial charge is 0.497 e. The van der Waals surface area contributed by atoms with Gasteiger partial charge in [-0.3, -0.25) is 9.59 Å².